The second-order valence-electron chi connectivity index (χ2n) is 3.83. The Morgan fingerprint density at radius 2 is 1.41 bits per heavy atom. The van der Waals surface area contributed by atoms with E-state index in [2.05, 4.69) is 10.2 Å². The molecule has 2 rings (SSSR count). The summed E-state index contributed by atoms with van der Waals surface area (Å²) in [5, 5.41) is 8.25. The third kappa shape index (κ3) is 2.81. The monoisotopic (exact) mass is 226 g/mol. The quantitative estimate of drug-likeness (QED) is 0.606. The van der Waals surface area contributed by atoms with Crippen molar-refractivity contribution in [1.82, 2.24) is 0 Å². The van der Waals surface area contributed by atoms with E-state index in [9.17, 15) is 0 Å². The highest BCUT2D eigenvalue weighted by Crippen LogP contribution is 2.22. The molecule has 4 nitrogen and oxygen atoms in total. The second kappa shape index (κ2) is 4.65. The normalized spacial score (nSPS) is 10.9. The Bertz CT molecular complexity index is 544. The van der Waals surface area contributed by atoms with Crippen LogP contribution < -0.4 is 11.5 Å². The number of rotatable bonds is 2. The highest BCUT2D eigenvalue weighted by atomic mass is 15.1. The maximum absolute atomic E-state index is 5.73. The van der Waals surface area contributed by atoms with Crippen LogP contribution in [0.4, 0.5) is 22.7 Å². The minimum atomic E-state index is 0.715. The zero-order chi connectivity index (χ0) is 12.3. The van der Waals surface area contributed by atoms with Crippen molar-refractivity contribution in [2.75, 3.05) is 11.5 Å². The lowest BCUT2D eigenvalue weighted by atomic mass is 10.2. The fourth-order valence-electron chi connectivity index (χ4n) is 1.38. The van der Waals surface area contributed by atoms with Gasteiger partial charge >= 0.3 is 0 Å². The number of azo groups is 1. The van der Waals surface area contributed by atoms with Gasteiger partial charge in [-0.25, -0.2) is 0 Å². The molecule has 0 radical (unpaired) electrons. The topological polar surface area (TPSA) is 76.8 Å². The summed E-state index contributed by atoms with van der Waals surface area (Å²) >= 11 is 0. The van der Waals surface area contributed by atoms with E-state index in [4.69, 9.17) is 11.5 Å². The van der Waals surface area contributed by atoms with E-state index < -0.39 is 0 Å². The lowest BCUT2D eigenvalue weighted by molar-refractivity contribution is 1.23. The molecule has 86 valence electrons. The van der Waals surface area contributed by atoms with E-state index in [1.54, 1.807) is 12.1 Å². The number of hydrogen-bond donors (Lipinski definition) is 2. The van der Waals surface area contributed by atoms with Crippen molar-refractivity contribution < 1.29 is 0 Å². The molecule has 0 fully saturated rings. The van der Waals surface area contributed by atoms with Gasteiger partial charge in [0.15, 0.2) is 0 Å². The van der Waals surface area contributed by atoms with Gasteiger partial charge in [0.1, 0.15) is 0 Å². The highest BCUT2D eigenvalue weighted by molar-refractivity contribution is 5.54. The first kappa shape index (κ1) is 11.1. The number of hydrogen-bond acceptors (Lipinski definition) is 4. The van der Waals surface area contributed by atoms with Crippen LogP contribution in [0.25, 0.3) is 0 Å². The SMILES string of the molecule is Cc1cc(/N=N/c2ccc(N)cc2)ccc1N. The Balaban J connectivity index is 2.20. The smallest absolute Gasteiger partial charge is 0.0861 e. The first-order valence-corrected chi connectivity index (χ1v) is 5.28. The van der Waals surface area contributed by atoms with Crippen LogP contribution in [0.1, 0.15) is 5.56 Å². The summed E-state index contributed by atoms with van der Waals surface area (Å²) in [5.74, 6) is 0. The lowest BCUT2D eigenvalue weighted by Crippen LogP contribution is -1.87. The van der Waals surface area contributed by atoms with Crippen molar-refractivity contribution in [3.63, 3.8) is 0 Å². The predicted octanol–water partition coefficient (Wildman–Crippen LogP) is 3.57. The van der Waals surface area contributed by atoms with Gasteiger partial charge in [-0.2, -0.15) is 10.2 Å². The van der Waals surface area contributed by atoms with Crippen LogP contribution in [0, 0.1) is 6.92 Å². The Morgan fingerprint density at radius 3 is 2.06 bits per heavy atom. The van der Waals surface area contributed by atoms with Crippen LogP contribution in [-0.2, 0) is 0 Å². The largest absolute Gasteiger partial charge is 0.399 e. The first-order chi connectivity index (χ1) is 8.15. The zero-order valence-electron chi connectivity index (χ0n) is 9.59. The minimum absolute atomic E-state index is 0.715. The fourth-order valence-corrected chi connectivity index (χ4v) is 1.38. The summed E-state index contributed by atoms with van der Waals surface area (Å²) < 4.78 is 0. The van der Waals surface area contributed by atoms with E-state index in [-0.39, 0.29) is 0 Å². The number of nitrogen functional groups attached to an aromatic ring is 2. The van der Waals surface area contributed by atoms with Crippen molar-refractivity contribution >= 4 is 22.7 Å². The molecule has 0 aliphatic heterocycles. The molecule has 0 aliphatic rings. The molecule has 0 saturated carbocycles. The molecule has 2 aromatic carbocycles. The molecule has 0 unspecified atom stereocenters. The number of nitrogens with zero attached hydrogens (tertiary/aromatic N) is 2. The van der Waals surface area contributed by atoms with Crippen LogP contribution in [0.3, 0.4) is 0 Å². The molecule has 0 saturated heterocycles. The van der Waals surface area contributed by atoms with Crippen molar-refractivity contribution in [3.05, 3.63) is 48.0 Å². The first-order valence-electron chi connectivity index (χ1n) is 5.28. The van der Waals surface area contributed by atoms with E-state index in [1.165, 1.54) is 0 Å². The molecule has 4 heteroatoms. The third-order valence-electron chi connectivity index (χ3n) is 2.43. The van der Waals surface area contributed by atoms with Crippen molar-refractivity contribution in [2.24, 2.45) is 10.2 Å². The van der Waals surface area contributed by atoms with Crippen molar-refractivity contribution in [2.45, 2.75) is 6.92 Å². The molecule has 0 amide bonds. The molecule has 0 heterocycles. The molecule has 0 aliphatic carbocycles. The van der Waals surface area contributed by atoms with Gasteiger partial charge in [0.05, 0.1) is 11.4 Å². The van der Waals surface area contributed by atoms with Crippen LogP contribution in [0.2, 0.25) is 0 Å². The molecule has 0 aromatic heterocycles. The van der Waals surface area contributed by atoms with Crippen LogP contribution in [0.15, 0.2) is 52.7 Å². The Labute approximate surface area is 100.0 Å². The molecule has 0 atom stereocenters. The summed E-state index contributed by atoms with van der Waals surface area (Å²) in [6.07, 6.45) is 0. The third-order valence-corrected chi connectivity index (χ3v) is 2.43. The maximum atomic E-state index is 5.73. The number of benzene rings is 2. The van der Waals surface area contributed by atoms with Crippen LogP contribution >= 0.6 is 0 Å². The van der Waals surface area contributed by atoms with E-state index >= 15 is 0 Å². The van der Waals surface area contributed by atoms with Gasteiger partial charge in [-0.15, -0.1) is 0 Å². The van der Waals surface area contributed by atoms with E-state index in [0.717, 1.165) is 22.6 Å². The lowest BCUT2D eigenvalue weighted by Gasteiger charge is -1.99. The molecule has 4 N–H and O–H groups in total. The van der Waals surface area contributed by atoms with Gasteiger partial charge < -0.3 is 11.5 Å². The average molecular weight is 226 g/mol. The molecular weight excluding hydrogens is 212 g/mol. The van der Waals surface area contributed by atoms with Gasteiger partial charge in [0.2, 0.25) is 0 Å². The molecule has 2 aromatic rings. The summed E-state index contributed by atoms with van der Waals surface area (Å²) in [6.45, 7) is 1.94. The molecule has 0 spiro atoms. The summed E-state index contributed by atoms with van der Waals surface area (Å²) in [4.78, 5) is 0. The predicted molar refractivity (Wildman–Crippen MR) is 70.6 cm³/mol. The van der Waals surface area contributed by atoms with Gasteiger partial charge in [-0.3, -0.25) is 0 Å². The number of anilines is 2. The number of nitrogens with two attached hydrogens (primary N) is 2. The summed E-state index contributed by atoms with van der Waals surface area (Å²) in [5.41, 5.74) is 15.3. The van der Waals surface area contributed by atoms with Crippen molar-refractivity contribution in [3.8, 4) is 0 Å². The maximum Gasteiger partial charge on any atom is 0.0861 e. The van der Waals surface area contributed by atoms with Crippen LogP contribution in [-0.4, -0.2) is 0 Å². The molecule has 17 heavy (non-hydrogen) atoms. The summed E-state index contributed by atoms with van der Waals surface area (Å²) in [6, 6.07) is 12.8. The average Bonchev–Trinajstić information content (AvgIpc) is 2.33. The van der Waals surface area contributed by atoms with Gasteiger partial charge in [-0.05, 0) is 55.0 Å². The fraction of sp³-hybridized carbons (Fsp3) is 0.0769. The minimum Gasteiger partial charge on any atom is -0.399 e. The molecule has 0 bridgehead atoms. The van der Waals surface area contributed by atoms with Gasteiger partial charge in [0.25, 0.3) is 0 Å². The Morgan fingerprint density at radius 1 is 0.824 bits per heavy atom. The van der Waals surface area contributed by atoms with Gasteiger partial charge in [0, 0.05) is 11.4 Å². The number of aryl methyl sites for hydroxylation is 1. The zero-order valence-corrected chi connectivity index (χ0v) is 9.59. The van der Waals surface area contributed by atoms with Crippen LogP contribution in [0.5, 0.6) is 0 Å². The summed E-state index contributed by atoms with van der Waals surface area (Å²) in [7, 11) is 0. The Hall–Kier alpha value is -2.36. The Kier molecular flexibility index (Phi) is 3.05. The standard InChI is InChI=1S/C13H14N4/c1-9-8-12(6-7-13(9)15)17-16-11-4-2-10(14)3-5-11/h2-8H,14-15H2,1H3/b17-16+. The van der Waals surface area contributed by atoms with E-state index in [0.29, 0.717) is 5.69 Å². The molecular formula is C13H14N4. The second-order valence-corrected chi connectivity index (χ2v) is 3.83. The van der Waals surface area contributed by atoms with Crippen molar-refractivity contribution in [1.29, 1.82) is 0 Å². The van der Waals surface area contributed by atoms with Gasteiger partial charge in [-0.1, -0.05) is 0 Å². The highest BCUT2D eigenvalue weighted by Gasteiger charge is 1.95. The van der Waals surface area contributed by atoms with E-state index in [1.807, 2.05) is 37.3 Å².